The van der Waals surface area contributed by atoms with Crippen molar-refractivity contribution in [3.8, 4) is 0 Å². The first-order valence-corrected chi connectivity index (χ1v) is 6.00. The lowest BCUT2D eigenvalue weighted by Crippen LogP contribution is -2.21. The number of rotatable bonds is 3. The zero-order valence-electron chi connectivity index (χ0n) is 9.28. The van der Waals surface area contributed by atoms with Crippen molar-refractivity contribution >= 4 is 0 Å². The molecule has 1 saturated carbocycles. The van der Waals surface area contributed by atoms with Crippen molar-refractivity contribution in [2.75, 3.05) is 0 Å². The van der Waals surface area contributed by atoms with Gasteiger partial charge in [0.15, 0.2) is 0 Å². The number of hydrogen-bond donors (Lipinski definition) is 1. The van der Waals surface area contributed by atoms with Gasteiger partial charge in [-0.1, -0.05) is 6.92 Å². The molecule has 2 heteroatoms. The highest BCUT2D eigenvalue weighted by Gasteiger charge is 2.39. The Morgan fingerprint density at radius 3 is 2.36 bits per heavy atom. The number of aliphatic hydroxyl groups excluding tert-OH is 1. The monoisotopic (exact) mass is 198 g/mol. The number of hydrogen-bond acceptors (Lipinski definition) is 2. The van der Waals surface area contributed by atoms with Crippen LogP contribution in [0.15, 0.2) is 0 Å². The highest BCUT2D eigenvalue weighted by molar-refractivity contribution is 4.87. The molecular weight excluding hydrogens is 176 g/mol. The summed E-state index contributed by atoms with van der Waals surface area (Å²) in [5.41, 5.74) is 0. The molecule has 2 aliphatic rings. The maximum atomic E-state index is 9.40. The van der Waals surface area contributed by atoms with Crippen LogP contribution in [0.5, 0.6) is 0 Å². The predicted octanol–water partition coefficient (Wildman–Crippen LogP) is 2.35. The van der Waals surface area contributed by atoms with Gasteiger partial charge in [-0.05, 0) is 50.9 Å². The number of epoxide rings is 1. The van der Waals surface area contributed by atoms with Gasteiger partial charge in [0.25, 0.3) is 0 Å². The van der Waals surface area contributed by atoms with Crippen molar-refractivity contribution in [3.05, 3.63) is 0 Å². The lowest BCUT2D eigenvalue weighted by molar-refractivity contribution is 0.100. The highest BCUT2D eigenvalue weighted by atomic mass is 16.6. The lowest BCUT2D eigenvalue weighted by atomic mass is 9.81. The molecule has 2 rings (SSSR count). The zero-order chi connectivity index (χ0) is 10.1. The quantitative estimate of drug-likeness (QED) is 0.706. The predicted molar refractivity (Wildman–Crippen MR) is 56.1 cm³/mol. The molecule has 1 heterocycles. The van der Waals surface area contributed by atoms with Gasteiger partial charge in [0.05, 0.1) is 18.3 Å². The van der Waals surface area contributed by atoms with Crippen LogP contribution >= 0.6 is 0 Å². The van der Waals surface area contributed by atoms with E-state index in [1.165, 1.54) is 19.3 Å². The molecule has 2 fully saturated rings. The lowest BCUT2D eigenvalue weighted by Gasteiger charge is -2.27. The summed E-state index contributed by atoms with van der Waals surface area (Å²) in [5, 5.41) is 9.40. The second kappa shape index (κ2) is 4.19. The third-order valence-corrected chi connectivity index (χ3v) is 3.84. The first kappa shape index (κ1) is 10.4. The van der Waals surface area contributed by atoms with Crippen molar-refractivity contribution in [1.82, 2.24) is 0 Å². The fraction of sp³-hybridized carbons (Fsp3) is 1.00. The molecular formula is C12H22O2. The average Bonchev–Trinajstić information content (AvgIpc) is 2.87. The first-order chi connectivity index (χ1) is 6.66. The van der Waals surface area contributed by atoms with Crippen LogP contribution in [0.25, 0.3) is 0 Å². The van der Waals surface area contributed by atoms with Gasteiger partial charge in [0, 0.05) is 0 Å². The molecule has 1 saturated heterocycles. The molecule has 1 N–H and O–H groups in total. The molecule has 0 aromatic heterocycles. The van der Waals surface area contributed by atoms with Gasteiger partial charge >= 0.3 is 0 Å². The Balaban J connectivity index is 1.69. The Labute approximate surface area is 86.6 Å². The second-order valence-corrected chi connectivity index (χ2v) is 5.19. The van der Waals surface area contributed by atoms with Crippen LogP contribution in [-0.4, -0.2) is 23.4 Å². The van der Waals surface area contributed by atoms with Crippen molar-refractivity contribution in [2.24, 2.45) is 11.8 Å². The summed E-state index contributed by atoms with van der Waals surface area (Å²) in [6, 6.07) is 0. The van der Waals surface area contributed by atoms with Crippen LogP contribution in [0, 0.1) is 11.8 Å². The fourth-order valence-corrected chi connectivity index (χ4v) is 2.84. The van der Waals surface area contributed by atoms with Crippen molar-refractivity contribution < 1.29 is 9.84 Å². The summed E-state index contributed by atoms with van der Waals surface area (Å²) in [7, 11) is 0. The van der Waals surface area contributed by atoms with E-state index in [0.29, 0.717) is 18.1 Å². The molecule has 1 aliphatic carbocycles. The molecule has 0 amide bonds. The van der Waals surface area contributed by atoms with Crippen molar-refractivity contribution in [2.45, 2.75) is 64.3 Å². The van der Waals surface area contributed by atoms with Gasteiger partial charge in [-0.15, -0.1) is 0 Å². The summed E-state index contributed by atoms with van der Waals surface area (Å²) >= 11 is 0. The molecule has 82 valence electrons. The summed E-state index contributed by atoms with van der Waals surface area (Å²) in [5.74, 6) is 1.55. The van der Waals surface area contributed by atoms with E-state index in [1.807, 2.05) is 0 Å². The Kier molecular flexibility index (Phi) is 3.13. The molecule has 0 radical (unpaired) electrons. The summed E-state index contributed by atoms with van der Waals surface area (Å²) in [6.45, 7) is 4.46. The summed E-state index contributed by atoms with van der Waals surface area (Å²) < 4.78 is 5.49. The Morgan fingerprint density at radius 2 is 1.86 bits per heavy atom. The maximum absolute atomic E-state index is 9.40. The summed E-state index contributed by atoms with van der Waals surface area (Å²) in [6.07, 6.45) is 6.76. The average molecular weight is 198 g/mol. The van der Waals surface area contributed by atoms with E-state index in [0.717, 1.165) is 18.8 Å². The van der Waals surface area contributed by atoms with E-state index in [-0.39, 0.29) is 6.10 Å². The van der Waals surface area contributed by atoms with Gasteiger partial charge in [0.2, 0.25) is 0 Å². The van der Waals surface area contributed by atoms with Gasteiger partial charge in [-0.25, -0.2) is 0 Å². The minimum atomic E-state index is -0.0161. The largest absolute Gasteiger partial charge is 0.393 e. The zero-order valence-corrected chi connectivity index (χ0v) is 9.28. The van der Waals surface area contributed by atoms with E-state index in [4.69, 9.17) is 4.74 Å². The third-order valence-electron chi connectivity index (χ3n) is 3.84. The SMILES string of the molecule is CC(CC1CCC(O)CC1)[C@@H]1OC1C. The minimum absolute atomic E-state index is 0.0161. The topological polar surface area (TPSA) is 32.8 Å². The van der Waals surface area contributed by atoms with E-state index in [9.17, 15) is 5.11 Å². The van der Waals surface area contributed by atoms with Crippen LogP contribution in [-0.2, 0) is 4.74 Å². The molecule has 0 aromatic carbocycles. The molecule has 0 aromatic rings. The molecule has 14 heavy (non-hydrogen) atoms. The third kappa shape index (κ3) is 2.48. The van der Waals surface area contributed by atoms with Crippen molar-refractivity contribution in [1.29, 1.82) is 0 Å². The molecule has 2 nitrogen and oxygen atoms in total. The van der Waals surface area contributed by atoms with Crippen LogP contribution in [0.2, 0.25) is 0 Å². The maximum Gasteiger partial charge on any atom is 0.0864 e. The van der Waals surface area contributed by atoms with Gasteiger partial charge in [-0.3, -0.25) is 0 Å². The van der Waals surface area contributed by atoms with E-state index in [1.54, 1.807) is 0 Å². The molecule has 0 spiro atoms. The van der Waals surface area contributed by atoms with E-state index in [2.05, 4.69) is 13.8 Å². The number of aliphatic hydroxyl groups is 1. The fourth-order valence-electron chi connectivity index (χ4n) is 2.84. The van der Waals surface area contributed by atoms with E-state index < -0.39 is 0 Å². The standard InChI is InChI=1S/C12H22O2/c1-8(12-9(2)14-12)7-10-3-5-11(13)6-4-10/h8-13H,3-7H2,1-2H3/t8?,9?,10?,11?,12-/m0/s1. The van der Waals surface area contributed by atoms with Gasteiger partial charge in [-0.2, -0.15) is 0 Å². The van der Waals surface area contributed by atoms with E-state index >= 15 is 0 Å². The highest BCUT2D eigenvalue weighted by Crippen LogP contribution is 2.36. The van der Waals surface area contributed by atoms with Crippen LogP contribution in [0.1, 0.15) is 46.0 Å². The second-order valence-electron chi connectivity index (χ2n) is 5.19. The first-order valence-electron chi connectivity index (χ1n) is 6.00. The normalized spacial score (nSPS) is 44.8. The van der Waals surface area contributed by atoms with Gasteiger partial charge < -0.3 is 9.84 Å². The molecule has 2 unspecified atom stereocenters. The Bertz CT molecular complexity index is 185. The minimum Gasteiger partial charge on any atom is -0.393 e. The Morgan fingerprint density at radius 1 is 1.29 bits per heavy atom. The number of ether oxygens (including phenoxy) is 1. The van der Waals surface area contributed by atoms with Gasteiger partial charge in [0.1, 0.15) is 0 Å². The van der Waals surface area contributed by atoms with Crippen LogP contribution in [0.4, 0.5) is 0 Å². The molecule has 1 aliphatic heterocycles. The molecule has 3 atom stereocenters. The summed E-state index contributed by atoms with van der Waals surface area (Å²) in [4.78, 5) is 0. The van der Waals surface area contributed by atoms with Crippen LogP contribution in [0.3, 0.4) is 0 Å². The smallest absolute Gasteiger partial charge is 0.0864 e. The van der Waals surface area contributed by atoms with Crippen LogP contribution < -0.4 is 0 Å². The Hall–Kier alpha value is -0.0800. The van der Waals surface area contributed by atoms with Crippen molar-refractivity contribution in [3.63, 3.8) is 0 Å². The molecule has 0 bridgehead atoms.